The van der Waals surface area contributed by atoms with Crippen LogP contribution in [0.15, 0.2) is 17.9 Å². The van der Waals surface area contributed by atoms with Gasteiger partial charge in [-0.2, -0.15) is 0 Å². The molecule has 0 saturated heterocycles. The summed E-state index contributed by atoms with van der Waals surface area (Å²) in [5.74, 6) is 2.34. The summed E-state index contributed by atoms with van der Waals surface area (Å²) in [6.45, 7) is 2.32. The summed E-state index contributed by atoms with van der Waals surface area (Å²) in [6, 6.07) is 2.25. The number of aryl methyl sites for hydroxylation is 1. The van der Waals surface area contributed by atoms with Crippen molar-refractivity contribution in [2.24, 2.45) is 6.66 Å². The Labute approximate surface area is 56.3 Å². The highest BCUT2D eigenvalue weighted by molar-refractivity contribution is 7.48. The first-order chi connectivity index (χ1) is 4.38. The molecule has 0 aromatic carbocycles. The summed E-state index contributed by atoms with van der Waals surface area (Å²) in [7, 11) is 0.131. The van der Waals surface area contributed by atoms with Crippen molar-refractivity contribution in [3.8, 4) is 0 Å². The maximum absolute atomic E-state index is 2.34. The molecule has 1 heteroatoms. The highest BCUT2D eigenvalue weighted by Crippen LogP contribution is 2.37. The Morgan fingerprint density at radius 3 is 3.22 bits per heavy atom. The Morgan fingerprint density at radius 1 is 1.56 bits per heavy atom. The lowest BCUT2D eigenvalue weighted by atomic mass is 10.3. The van der Waals surface area contributed by atoms with E-state index in [1.54, 1.807) is 5.30 Å². The first-order valence-corrected chi connectivity index (χ1v) is 5.04. The van der Waals surface area contributed by atoms with Gasteiger partial charge in [-0.15, -0.1) is 7.53 Å². The van der Waals surface area contributed by atoms with Crippen molar-refractivity contribution >= 4 is 13.6 Å². The van der Waals surface area contributed by atoms with Crippen molar-refractivity contribution in [1.29, 1.82) is 0 Å². The average Bonchev–Trinajstić information content (AvgIpc) is 2.35. The molecule has 0 radical (unpaired) electrons. The highest BCUT2D eigenvalue weighted by Gasteiger charge is 2.06. The zero-order chi connectivity index (χ0) is 6.27. The van der Waals surface area contributed by atoms with Crippen LogP contribution >= 0.6 is 7.53 Å². The molecular weight excluding hydrogens is 127 g/mol. The Balaban J connectivity index is 2.65. The van der Waals surface area contributed by atoms with Crippen LogP contribution in [0.1, 0.15) is 10.9 Å². The minimum absolute atomic E-state index is 0.131. The van der Waals surface area contributed by atoms with Crippen molar-refractivity contribution in [2.45, 2.75) is 6.42 Å². The van der Waals surface area contributed by atoms with Gasteiger partial charge in [-0.25, -0.2) is 0 Å². The Hall–Kier alpha value is -0.480. The minimum Gasteiger partial charge on any atom is -0.124 e. The topological polar surface area (TPSA) is 0 Å². The molecule has 1 unspecified atom stereocenters. The summed E-state index contributed by atoms with van der Waals surface area (Å²) in [5, 5.41) is 1.67. The molecular formula is C8H9P. The summed E-state index contributed by atoms with van der Waals surface area (Å²) in [4.78, 5) is 0. The van der Waals surface area contributed by atoms with Crippen molar-refractivity contribution in [1.82, 2.24) is 0 Å². The molecule has 1 aliphatic rings. The van der Waals surface area contributed by atoms with Gasteiger partial charge in [-0.3, -0.25) is 0 Å². The third kappa shape index (κ3) is 0.668. The van der Waals surface area contributed by atoms with Gasteiger partial charge in [-0.1, -0.05) is 18.2 Å². The molecule has 0 amide bonds. The maximum Gasteiger partial charge on any atom is -0.00507 e. The summed E-state index contributed by atoms with van der Waals surface area (Å²) < 4.78 is 0. The second-order valence-corrected chi connectivity index (χ2v) is 4.49. The zero-order valence-electron chi connectivity index (χ0n) is 5.46. The van der Waals surface area contributed by atoms with Crippen LogP contribution in [-0.2, 0) is 13.1 Å². The Bertz CT molecular complexity index is 256. The Morgan fingerprint density at radius 2 is 2.44 bits per heavy atom. The molecule has 0 saturated carbocycles. The van der Waals surface area contributed by atoms with Gasteiger partial charge in [0.05, 0.1) is 0 Å². The van der Waals surface area contributed by atoms with E-state index in [-0.39, 0.29) is 7.53 Å². The van der Waals surface area contributed by atoms with E-state index in [1.807, 2.05) is 0 Å². The molecule has 0 spiro atoms. The van der Waals surface area contributed by atoms with Crippen LogP contribution in [0, 0.1) is 0 Å². The molecule has 0 fully saturated rings. The van der Waals surface area contributed by atoms with E-state index in [0.29, 0.717) is 0 Å². The van der Waals surface area contributed by atoms with E-state index in [9.17, 15) is 0 Å². The van der Waals surface area contributed by atoms with Gasteiger partial charge in [0.15, 0.2) is 0 Å². The molecule has 0 bridgehead atoms. The second kappa shape index (κ2) is 1.75. The van der Waals surface area contributed by atoms with Crippen LogP contribution in [0.4, 0.5) is 0 Å². The zero-order valence-corrected chi connectivity index (χ0v) is 6.36. The molecule has 46 valence electrons. The van der Waals surface area contributed by atoms with Gasteiger partial charge in [0.1, 0.15) is 0 Å². The van der Waals surface area contributed by atoms with Crippen LogP contribution in [-0.4, -0.2) is 0 Å². The van der Waals surface area contributed by atoms with Crippen LogP contribution in [0.3, 0.4) is 0 Å². The number of allylic oxidation sites excluding steroid dienone is 1. The lowest BCUT2D eigenvalue weighted by Gasteiger charge is -1.90. The standard InChI is InChI=1S/C8H9P/c1-9-6-5-7-3-2-4-8(7)9/h2-3,5-6H,4H2,1H3. The number of rotatable bonds is 0. The lowest BCUT2D eigenvalue weighted by Crippen LogP contribution is -1.67. The van der Waals surface area contributed by atoms with Gasteiger partial charge in [0.2, 0.25) is 0 Å². The van der Waals surface area contributed by atoms with Gasteiger partial charge in [-0.05, 0) is 29.7 Å². The molecule has 2 rings (SSSR count). The predicted octanol–water partition coefficient (Wildman–Crippen LogP) is 2.78. The molecule has 1 heterocycles. The van der Waals surface area contributed by atoms with Crippen LogP contribution < -0.4 is 0 Å². The fourth-order valence-corrected chi connectivity index (χ4v) is 2.81. The SMILES string of the molecule is Cp1ccc2c1CC=C2. The third-order valence-corrected chi connectivity index (χ3v) is 3.73. The van der Waals surface area contributed by atoms with E-state index >= 15 is 0 Å². The van der Waals surface area contributed by atoms with Crippen molar-refractivity contribution in [2.75, 3.05) is 0 Å². The van der Waals surface area contributed by atoms with Gasteiger partial charge >= 0.3 is 0 Å². The second-order valence-electron chi connectivity index (χ2n) is 2.44. The van der Waals surface area contributed by atoms with E-state index in [4.69, 9.17) is 0 Å². The number of hydrogen-bond donors (Lipinski definition) is 0. The van der Waals surface area contributed by atoms with E-state index in [1.165, 1.54) is 12.0 Å². The molecule has 0 nitrogen and oxygen atoms in total. The Kier molecular flexibility index (Phi) is 1.03. The fraction of sp³-hybridized carbons (Fsp3) is 0.250. The maximum atomic E-state index is 2.34. The molecule has 1 atom stereocenters. The highest BCUT2D eigenvalue weighted by atomic mass is 31.1. The van der Waals surface area contributed by atoms with Crippen molar-refractivity contribution < 1.29 is 0 Å². The monoisotopic (exact) mass is 136 g/mol. The molecule has 1 aliphatic carbocycles. The molecule has 0 N–H and O–H groups in total. The largest absolute Gasteiger partial charge is 0.124 e. The van der Waals surface area contributed by atoms with Crippen LogP contribution in [0.2, 0.25) is 0 Å². The quantitative estimate of drug-likeness (QED) is 0.514. The van der Waals surface area contributed by atoms with Gasteiger partial charge < -0.3 is 0 Å². The van der Waals surface area contributed by atoms with Crippen molar-refractivity contribution in [3.05, 3.63) is 28.8 Å². The predicted molar refractivity (Wildman–Crippen MR) is 42.9 cm³/mol. The fourth-order valence-electron chi connectivity index (χ4n) is 1.29. The summed E-state index contributed by atoms with van der Waals surface area (Å²) >= 11 is 0. The summed E-state index contributed by atoms with van der Waals surface area (Å²) in [6.07, 6.45) is 5.70. The van der Waals surface area contributed by atoms with Crippen LogP contribution in [0.5, 0.6) is 0 Å². The normalized spacial score (nSPS) is 16.3. The molecule has 0 aliphatic heterocycles. The number of hydrogen-bond acceptors (Lipinski definition) is 0. The average molecular weight is 136 g/mol. The van der Waals surface area contributed by atoms with Gasteiger partial charge in [0.25, 0.3) is 0 Å². The smallest absolute Gasteiger partial charge is 0.00507 e. The summed E-state index contributed by atoms with van der Waals surface area (Å²) in [5.41, 5.74) is 1.49. The van der Waals surface area contributed by atoms with E-state index in [0.717, 1.165) is 0 Å². The first-order valence-electron chi connectivity index (χ1n) is 3.18. The van der Waals surface area contributed by atoms with E-state index < -0.39 is 0 Å². The minimum atomic E-state index is 0.131. The first kappa shape index (κ1) is 5.32. The lowest BCUT2D eigenvalue weighted by molar-refractivity contribution is 1.39. The van der Waals surface area contributed by atoms with Crippen molar-refractivity contribution in [3.63, 3.8) is 0 Å². The van der Waals surface area contributed by atoms with E-state index in [2.05, 4.69) is 30.7 Å². The van der Waals surface area contributed by atoms with Gasteiger partial charge in [0, 0.05) is 0 Å². The number of fused-ring (bicyclic) bond motifs is 1. The molecule has 9 heavy (non-hydrogen) atoms. The molecule has 1 aromatic heterocycles. The van der Waals surface area contributed by atoms with Crippen LogP contribution in [0.25, 0.3) is 6.08 Å². The molecule has 1 aromatic rings. The third-order valence-electron chi connectivity index (χ3n) is 1.85.